The second-order valence-electron chi connectivity index (χ2n) is 8.85. The number of anilines is 1. The van der Waals surface area contributed by atoms with Crippen LogP contribution in [0.3, 0.4) is 0 Å². The van der Waals surface area contributed by atoms with Gasteiger partial charge in [0.25, 0.3) is 0 Å². The first-order valence-corrected chi connectivity index (χ1v) is 9.99. The lowest BCUT2D eigenvalue weighted by molar-refractivity contribution is -0.137. The molecule has 0 bridgehead atoms. The van der Waals surface area contributed by atoms with Crippen molar-refractivity contribution in [1.82, 2.24) is 0 Å². The largest absolute Gasteiger partial charge is 0.418 e. The van der Waals surface area contributed by atoms with Crippen LogP contribution < -0.4 is 4.90 Å². The molecule has 1 unspecified atom stereocenters. The van der Waals surface area contributed by atoms with Gasteiger partial charge in [0.1, 0.15) is 5.82 Å². The molecule has 1 aliphatic heterocycles. The Bertz CT molecular complexity index is 1080. The number of allylic oxidation sites excluding steroid dienone is 2. The fourth-order valence-electron chi connectivity index (χ4n) is 4.58. The summed E-state index contributed by atoms with van der Waals surface area (Å²) in [4.78, 5) is 27.5. The van der Waals surface area contributed by atoms with E-state index in [4.69, 9.17) is 0 Å². The van der Waals surface area contributed by atoms with Crippen LogP contribution >= 0.6 is 0 Å². The summed E-state index contributed by atoms with van der Waals surface area (Å²) in [6.45, 7) is 3.71. The summed E-state index contributed by atoms with van der Waals surface area (Å²) in [6, 6.07) is 10.5. The van der Waals surface area contributed by atoms with Crippen molar-refractivity contribution >= 4 is 17.4 Å². The second kappa shape index (κ2) is 7.32. The highest BCUT2D eigenvalue weighted by Gasteiger charge is 2.46. The van der Waals surface area contributed by atoms with E-state index in [1.54, 1.807) is 0 Å². The molecular formula is C24H21F4NO2. The van der Waals surface area contributed by atoms with Gasteiger partial charge in [0.05, 0.1) is 11.3 Å². The van der Waals surface area contributed by atoms with E-state index in [2.05, 4.69) is 0 Å². The fourth-order valence-corrected chi connectivity index (χ4v) is 4.58. The minimum Gasteiger partial charge on any atom is -0.294 e. The maximum Gasteiger partial charge on any atom is 0.418 e. The van der Waals surface area contributed by atoms with Gasteiger partial charge in [-0.15, -0.1) is 0 Å². The summed E-state index contributed by atoms with van der Waals surface area (Å²) >= 11 is 0. The van der Waals surface area contributed by atoms with Crippen molar-refractivity contribution in [2.45, 2.75) is 45.2 Å². The molecule has 1 aliphatic carbocycles. The average molecular weight is 431 g/mol. The Morgan fingerprint density at radius 1 is 0.968 bits per heavy atom. The zero-order chi connectivity index (χ0) is 22.6. The van der Waals surface area contributed by atoms with E-state index in [0.29, 0.717) is 16.8 Å². The highest BCUT2D eigenvalue weighted by molar-refractivity contribution is 6.08. The molecule has 7 heteroatoms. The van der Waals surface area contributed by atoms with Gasteiger partial charge in [0, 0.05) is 30.0 Å². The van der Waals surface area contributed by atoms with Gasteiger partial charge < -0.3 is 0 Å². The minimum atomic E-state index is -4.65. The maximum atomic E-state index is 13.7. The molecule has 1 amide bonds. The van der Waals surface area contributed by atoms with Gasteiger partial charge in [-0.3, -0.25) is 14.5 Å². The van der Waals surface area contributed by atoms with Gasteiger partial charge >= 0.3 is 6.18 Å². The third-order valence-electron chi connectivity index (χ3n) is 5.87. The molecule has 0 fully saturated rings. The Labute approximate surface area is 177 Å². The maximum absolute atomic E-state index is 13.7. The topological polar surface area (TPSA) is 37.4 Å². The highest BCUT2D eigenvalue weighted by atomic mass is 19.4. The van der Waals surface area contributed by atoms with Gasteiger partial charge in [0.2, 0.25) is 5.91 Å². The lowest BCUT2D eigenvalue weighted by Gasteiger charge is -2.43. The number of Topliss-reactive ketones (excluding diaryl/α,β-unsaturated/α-hetero) is 1. The van der Waals surface area contributed by atoms with Crippen molar-refractivity contribution in [2.24, 2.45) is 5.41 Å². The summed E-state index contributed by atoms with van der Waals surface area (Å²) < 4.78 is 54.5. The number of carbonyl (C=O) groups is 2. The van der Waals surface area contributed by atoms with Gasteiger partial charge in [-0.25, -0.2) is 4.39 Å². The Hall–Kier alpha value is -2.96. The molecular weight excluding hydrogens is 410 g/mol. The number of carbonyl (C=O) groups excluding carboxylic acids is 2. The van der Waals surface area contributed by atoms with E-state index < -0.39 is 34.8 Å². The molecule has 0 spiro atoms. The molecule has 1 heterocycles. The number of amides is 1. The quantitative estimate of drug-likeness (QED) is 0.547. The van der Waals surface area contributed by atoms with Crippen LogP contribution in [0.25, 0.3) is 0 Å². The first-order chi connectivity index (χ1) is 14.5. The fraction of sp³-hybridized carbons (Fsp3) is 0.333. The zero-order valence-electron chi connectivity index (χ0n) is 17.1. The monoisotopic (exact) mass is 431 g/mol. The van der Waals surface area contributed by atoms with E-state index >= 15 is 0 Å². The summed E-state index contributed by atoms with van der Waals surface area (Å²) in [5, 5.41) is 0. The Kier molecular flexibility index (Phi) is 5.03. The summed E-state index contributed by atoms with van der Waals surface area (Å²) in [5.74, 6) is -1.77. The molecule has 3 nitrogen and oxygen atoms in total. The lowest BCUT2D eigenvalue weighted by Crippen LogP contribution is -2.44. The molecule has 0 saturated heterocycles. The van der Waals surface area contributed by atoms with Crippen LogP contribution in [0.2, 0.25) is 0 Å². The molecule has 2 aromatic rings. The molecule has 0 radical (unpaired) electrons. The SMILES string of the molecule is CC1(C)CC(=O)C2=C(C1)N(c1ccccc1C(F)(F)F)C(=O)CC2c1ccc(F)cc1. The molecule has 0 aromatic heterocycles. The zero-order valence-corrected chi connectivity index (χ0v) is 17.1. The Morgan fingerprint density at radius 3 is 2.26 bits per heavy atom. The number of alkyl halides is 3. The Morgan fingerprint density at radius 2 is 1.61 bits per heavy atom. The molecule has 2 aliphatic rings. The standard InChI is InChI=1S/C24H21F4NO2/c1-23(2)12-19-22(20(30)13-23)16(14-7-9-15(25)10-8-14)11-21(31)29(19)18-6-4-3-5-17(18)24(26,27)28/h3-10,16H,11-13H2,1-2H3. The van der Waals surface area contributed by atoms with E-state index in [9.17, 15) is 27.2 Å². The molecule has 1 atom stereocenters. The number of rotatable bonds is 2. The highest BCUT2D eigenvalue weighted by Crippen LogP contribution is 2.49. The summed E-state index contributed by atoms with van der Waals surface area (Å²) in [7, 11) is 0. The van der Waals surface area contributed by atoms with Crippen LogP contribution in [0.1, 0.15) is 50.2 Å². The number of halogens is 4. The van der Waals surface area contributed by atoms with Gasteiger partial charge in [-0.1, -0.05) is 38.1 Å². The first kappa shape index (κ1) is 21.3. The molecule has 0 saturated carbocycles. The number of nitrogens with zero attached hydrogens (tertiary/aromatic N) is 1. The number of hydrogen-bond donors (Lipinski definition) is 0. The van der Waals surface area contributed by atoms with Gasteiger partial charge in [-0.05, 0) is 41.7 Å². The van der Waals surface area contributed by atoms with Crippen molar-refractivity contribution < 1.29 is 27.2 Å². The van der Waals surface area contributed by atoms with Crippen LogP contribution in [0.15, 0.2) is 59.8 Å². The van der Waals surface area contributed by atoms with Crippen LogP contribution in [-0.4, -0.2) is 11.7 Å². The minimum absolute atomic E-state index is 0.164. The summed E-state index contributed by atoms with van der Waals surface area (Å²) in [6.07, 6.45) is -4.31. The van der Waals surface area contributed by atoms with Crippen LogP contribution in [0.4, 0.5) is 23.2 Å². The van der Waals surface area contributed by atoms with E-state index in [0.717, 1.165) is 11.0 Å². The molecule has 31 heavy (non-hydrogen) atoms. The predicted octanol–water partition coefficient (Wildman–Crippen LogP) is 6.01. The van der Waals surface area contributed by atoms with Gasteiger partial charge in [0.15, 0.2) is 5.78 Å². The molecule has 2 aromatic carbocycles. The molecule has 4 rings (SSSR count). The average Bonchev–Trinajstić information content (AvgIpc) is 2.66. The van der Waals surface area contributed by atoms with Crippen LogP contribution in [-0.2, 0) is 15.8 Å². The van der Waals surface area contributed by atoms with Crippen molar-refractivity contribution in [3.05, 3.63) is 76.7 Å². The van der Waals surface area contributed by atoms with E-state index in [1.807, 2.05) is 13.8 Å². The van der Waals surface area contributed by atoms with Crippen molar-refractivity contribution in [2.75, 3.05) is 4.90 Å². The van der Waals surface area contributed by atoms with Crippen molar-refractivity contribution in [1.29, 1.82) is 0 Å². The number of hydrogen-bond acceptors (Lipinski definition) is 2. The van der Waals surface area contributed by atoms with Crippen LogP contribution in [0, 0.1) is 11.2 Å². The van der Waals surface area contributed by atoms with E-state index in [-0.39, 0.29) is 30.7 Å². The second-order valence-corrected chi connectivity index (χ2v) is 8.85. The van der Waals surface area contributed by atoms with Crippen molar-refractivity contribution in [3.8, 4) is 0 Å². The van der Waals surface area contributed by atoms with Crippen molar-refractivity contribution in [3.63, 3.8) is 0 Å². The normalized spacial score (nSPS) is 21.4. The number of para-hydroxylation sites is 1. The molecule has 0 N–H and O–H groups in total. The lowest BCUT2D eigenvalue weighted by atomic mass is 9.69. The number of benzene rings is 2. The smallest absolute Gasteiger partial charge is 0.294 e. The first-order valence-electron chi connectivity index (χ1n) is 9.99. The summed E-state index contributed by atoms with van der Waals surface area (Å²) in [5.41, 5.74) is -0.446. The van der Waals surface area contributed by atoms with Gasteiger partial charge in [-0.2, -0.15) is 13.2 Å². The third kappa shape index (κ3) is 3.89. The van der Waals surface area contributed by atoms with Crippen LogP contribution in [0.5, 0.6) is 0 Å². The third-order valence-corrected chi connectivity index (χ3v) is 5.87. The number of ketones is 1. The predicted molar refractivity (Wildman–Crippen MR) is 108 cm³/mol. The Balaban J connectivity index is 1.94. The molecule has 162 valence electrons. The van der Waals surface area contributed by atoms with E-state index in [1.165, 1.54) is 42.5 Å².